The summed E-state index contributed by atoms with van der Waals surface area (Å²) < 4.78 is 7.69. The van der Waals surface area contributed by atoms with Crippen LogP contribution in [0.4, 0.5) is 0 Å². The van der Waals surface area contributed by atoms with Gasteiger partial charge in [-0.25, -0.2) is 0 Å². The molecule has 0 atom stereocenters. The van der Waals surface area contributed by atoms with Crippen molar-refractivity contribution in [2.45, 2.75) is 0 Å². The van der Waals surface area contributed by atoms with Crippen molar-refractivity contribution < 1.29 is 0 Å². The topological polar surface area (TPSA) is 17.8 Å². The minimum Gasteiger partial charge on any atom is -0.306 e. The van der Waals surface area contributed by atoms with Gasteiger partial charge in [-0.2, -0.15) is 0 Å². The fourth-order valence-electron chi connectivity index (χ4n) is 6.18. The molecule has 4 aromatic heterocycles. The molecule has 0 N–H and O–H groups in total. The fourth-order valence-corrected chi connectivity index (χ4v) is 8.76. The number of thiophene rings is 2. The minimum atomic E-state index is 1.06. The van der Waals surface area contributed by atoms with Gasteiger partial charge in [0.15, 0.2) is 0 Å². The van der Waals surface area contributed by atoms with E-state index in [1.807, 2.05) is 28.9 Å². The van der Waals surface area contributed by atoms with E-state index in [2.05, 4.69) is 120 Å². The SMILES string of the molecule is c1ccc(-c2cccc3c2sc2c(-n4c5cccnc5c5c6sc7ccccc7c6ccc54)cccc23)cc1. The lowest BCUT2D eigenvalue weighted by atomic mass is 10.0. The highest BCUT2D eigenvalue weighted by Crippen LogP contribution is 2.46. The maximum Gasteiger partial charge on any atom is 0.0977 e. The normalized spacial score (nSPS) is 12.1. The van der Waals surface area contributed by atoms with Crippen LogP contribution in [0.15, 0.2) is 121 Å². The second-order valence-electron chi connectivity index (χ2n) is 9.95. The first-order chi connectivity index (χ1) is 19.4. The van der Waals surface area contributed by atoms with Crippen molar-refractivity contribution in [3.8, 4) is 16.8 Å². The van der Waals surface area contributed by atoms with Gasteiger partial charge in [0.1, 0.15) is 0 Å². The number of fused-ring (bicyclic) bond motifs is 10. The Morgan fingerprint density at radius 3 is 2.21 bits per heavy atom. The number of hydrogen-bond acceptors (Lipinski definition) is 3. The summed E-state index contributed by atoms with van der Waals surface area (Å²) >= 11 is 3.76. The largest absolute Gasteiger partial charge is 0.306 e. The fraction of sp³-hybridized carbons (Fsp3) is 0. The van der Waals surface area contributed by atoms with Crippen molar-refractivity contribution in [1.29, 1.82) is 0 Å². The summed E-state index contributed by atoms with van der Waals surface area (Å²) in [4.78, 5) is 4.94. The molecule has 39 heavy (non-hydrogen) atoms. The lowest BCUT2D eigenvalue weighted by Gasteiger charge is -2.09. The Balaban J connectivity index is 1.42. The molecule has 9 aromatic rings. The van der Waals surface area contributed by atoms with Crippen LogP contribution < -0.4 is 0 Å². The number of aromatic nitrogens is 2. The monoisotopic (exact) mass is 532 g/mol. The molecule has 0 fully saturated rings. The highest BCUT2D eigenvalue weighted by Gasteiger charge is 2.20. The molecule has 0 radical (unpaired) electrons. The highest BCUT2D eigenvalue weighted by molar-refractivity contribution is 7.27. The predicted octanol–water partition coefficient (Wildman–Crippen LogP) is 10.6. The van der Waals surface area contributed by atoms with Gasteiger partial charge in [0.05, 0.1) is 26.9 Å². The maximum absolute atomic E-state index is 4.94. The second kappa shape index (κ2) is 8.00. The highest BCUT2D eigenvalue weighted by atomic mass is 32.1. The number of benzene rings is 5. The van der Waals surface area contributed by atoms with E-state index < -0.39 is 0 Å². The zero-order chi connectivity index (χ0) is 25.5. The van der Waals surface area contributed by atoms with Crippen molar-refractivity contribution in [2.75, 3.05) is 0 Å². The molecule has 0 amide bonds. The van der Waals surface area contributed by atoms with Crippen LogP contribution in [0.1, 0.15) is 0 Å². The third-order valence-electron chi connectivity index (χ3n) is 7.86. The molecule has 0 saturated carbocycles. The Bertz CT molecular complexity index is 2390. The molecule has 182 valence electrons. The van der Waals surface area contributed by atoms with E-state index in [4.69, 9.17) is 4.98 Å². The van der Waals surface area contributed by atoms with Gasteiger partial charge in [0, 0.05) is 47.2 Å². The second-order valence-corrected chi connectivity index (χ2v) is 12.0. The van der Waals surface area contributed by atoms with Gasteiger partial charge in [0.2, 0.25) is 0 Å². The van der Waals surface area contributed by atoms with E-state index in [1.165, 1.54) is 68.1 Å². The Morgan fingerprint density at radius 1 is 0.513 bits per heavy atom. The average Bonchev–Trinajstić information content (AvgIpc) is 3.67. The summed E-state index contributed by atoms with van der Waals surface area (Å²) in [6, 6.07) is 41.7. The van der Waals surface area contributed by atoms with Crippen LogP contribution in [0.25, 0.3) is 79.1 Å². The van der Waals surface area contributed by atoms with E-state index in [0.29, 0.717) is 0 Å². The maximum atomic E-state index is 4.94. The molecule has 0 aliphatic rings. The lowest BCUT2D eigenvalue weighted by Crippen LogP contribution is -1.93. The summed E-state index contributed by atoms with van der Waals surface area (Å²) in [5, 5.41) is 6.47. The molecule has 0 bridgehead atoms. The van der Waals surface area contributed by atoms with Crippen molar-refractivity contribution >= 4 is 85.0 Å². The summed E-state index contributed by atoms with van der Waals surface area (Å²) in [6.45, 7) is 0. The number of hydrogen-bond donors (Lipinski definition) is 0. The standard InChI is InChI=1S/C35H20N2S2/c1-2-9-21(10-3-1)22-12-6-13-24-25-14-7-15-29(34(25)39-33(22)24)37-27-19-18-26-23-11-4-5-17-30(23)38-35(26)31(27)32-28(37)16-8-20-36-32/h1-20H. The lowest BCUT2D eigenvalue weighted by molar-refractivity contribution is 1.20. The van der Waals surface area contributed by atoms with Gasteiger partial charge < -0.3 is 4.57 Å². The van der Waals surface area contributed by atoms with Gasteiger partial charge in [-0.1, -0.05) is 84.9 Å². The van der Waals surface area contributed by atoms with Gasteiger partial charge >= 0.3 is 0 Å². The van der Waals surface area contributed by atoms with Gasteiger partial charge in [0.25, 0.3) is 0 Å². The van der Waals surface area contributed by atoms with Crippen LogP contribution in [-0.4, -0.2) is 9.55 Å². The Hall–Kier alpha value is -4.51. The molecule has 5 aromatic carbocycles. The number of pyridine rings is 1. The van der Waals surface area contributed by atoms with Gasteiger partial charge in [-0.05, 0) is 41.5 Å². The van der Waals surface area contributed by atoms with Crippen LogP contribution in [0, 0.1) is 0 Å². The summed E-state index contributed by atoms with van der Waals surface area (Å²) in [5.41, 5.74) is 7.16. The first-order valence-corrected chi connectivity index (χ1v) is 14.7. The molecule has 0 saturated heterocycles. The average molecular weight is 533 g/mol. The molecule has 0 spiro atoms. The zero-order valence-electron chi connectivity index (χ0n) is 20.8. The van der Waals surface area contributed by atoms with Crippen LogP contribution in [0.3, 0.4) is 0 Å². The molecule has 0 unspecified atom stereocenters. The Morgan fingerprint density at radius 2 is 1.28 bits per heavy atom. The zero-order valence-corrected chi connectivity index (χ0v) is 22.4. The Kier molecular flexibility index (Phi) is 4.39. The van der Waals surface area contributed by atoms with Crippen LogP contribution in [0.2, 0.25) is 0 Å². The number of rotatable bonds is 2. The predicted molar refractivity (Wildman–Crippen MR) is 170 cm³/mol. The van der Waals surface area contributed by atoms with E-state index >= 15 is 0 Å². The summed E-state index contributed by atoms with van der Waals surface area (Å²) in [6.07, 6.45) is 1.92. The number of nitrogens with zero attached hydrogens (tertiary/aromatic N) is 2. The van der Waals surface area contributed by atoms with Gasteiger partial charge in [-0.3, -0.25) is 4.98 Å². The summed E-state index contributed by atoms with van der Waals surface area (Å²) in [7, 11) is 0. The van der Waals surface area contributed by atoms with E-state index in [-0.39, 0.29) is 0 Å². The van der Waals surface area contributed by atoms with Crippen molar-refractivity contribution in [1.82, 2.24) is 9.55 Å². The minimum absolute atomic E-state index is 1.06. The van der Waals surface area contributed by atoms with Crippen LogP contribution in [-0.2, 0) is 0 Å². The first kappa shape index (κ1) is 21.4. The molecule has 0 aliphatic carbocycles. The van der Waals surface area contributed by atoms with E-state index in [9.17, 15) is 0 Å². The first-order valence-electron chi connectivity index (χ1n) is 13.1. The van der Waals surface area contributed by atoms with E-state index in [1.54, 1.807) is 0 Å². The van der Waals surface area contributed by atoms with Crippen molar-refractivity contribution in [3.05, 3.63) is 121 Å². The molecular weight excluding hydrogens is 513 g/mol. The molecule has 0 aliphatic heterocycles. The molecular formula is C35H20N2S2. The quantitative estimate of drug-likeness (QED) is 0.216. The van der Waals surface area contributed by atoms with Crippen molar-refractivity contribution in [2.24, 2.45) is 0 Å². The van der Waals surface area contributed by atoms with Crippen LogP contribution in [0.5, 0.6) is 0 Å². The van der Waals surface area contributed by atoms with E-state index in [0.717, 1.165) is 11.0 Å². The third-order valence-corrected chi connectivity index (χ3v) is 10.3. The molecule has 2 nitrogen and oxygen atoms in total. The Labute approximate surface area is 232 Å². The van der Waals surface area contributed by atoms with Crippen LogP contribution >= 0.6 is 22.7 Å². The third kappa shape index (κ3) is 2.93. The molecule has 9 rings (SSSR count). The van der Waals surface area contributed by atoms with Gasteiger partial charge in [-0.15, -0.1) is 22.7 Å². The summed E-state index contributed by atoms with van der Waals surface area (Å²) in [5.74, 6) is 0. The molecule has 4 heterocycles. The smallest absolute Gasteiger partial charge is 0.0977 e. The molecule has 4 heteroatoms. The van der Waals surface area contributed by atoms with Crippen molar-refractivity contribution in [3.63, 3.8) is 0 Å².